The second-order valence-corrected chi connectivity index (χ2v) is 7.47. The Bertz CT molecular complexity index is 1190. The molecule has 2 atom stereocenters. The molecule has 4 aromatic rings. The van der Waals surface area contributed by atoms with Crippen molar-refractivity contribution in [2.75, 3.05) is 5.32 Å². The molecule has 8 heteroatoms. The van der Waals surface area contributed by atoms with E-state index in [9.17, 15) is 4.39 Å². The van der Waals surface area contributed by atoms with Crippen LogP contribution in [0.3, 0.4) is 0 Å². The van der Waals surface area contributed by atoms with Crippen LogP contribution in [0, 0.1) is 5.82 Å². The van der Waals surface area contributed by atoms with Crippen LogP contribution in [0.5, 0.6) is 0 Å². The van der Waals surface area contributed by atoms with E-state index in [0.29, 0.717) is 11.5 Å². The van der Waals surface area contributed by atoms with Gasteiger partial charge in [0, 0.05) is 17.0 Å². The highest BCUT2D eigenvalue weighted by Crippen LogP contribution is 2.31. The van der Waals surface area contributed by atoms with Gasteiger partial charge < -0.3 is 15.0 Å². The number of hydrogen-bond donors (Lipinski definition) is 2. The molecular weight excluding hydrogens is 383 g/mol. The second-order valence-electron chi connectivity index (χ2n) is 7.47. The summed E-state index contributed by atoms with van der Waals surface area (Å²) in [7, 11) is 0. The minimum Gasteiger partial charge on any atom is -0.367 e. The molecule has 1 aliphatic rings. The predicted molar refractivity (Wildman–Crippen MR) is 112 cm³/mol. The lowest BCUT2D eigenvalue weighted by Gasteiger charge is -2.26. The summed E-state index contributed by atoms with van der Waals surface area (Å²) < 4.78 is 20.5. The van der Waals surface area contributed by atoms with Gasteiger partial charge in [0.05, 0.1) is 36.1 Å². The number of aromatic amines is 1. The normalized spacial score (nSPS) is 19.1. The summed E-state index contributed by atoms with van der Waals surface area (Å²) in [6.07, 6.45) is 9.34. The Hall–Kier alpha value is -3.39. The molecule has 1 aliphatic heterocycles. The van der Waals surface area contributed by atoms with Gasteiger partial charge in [0.15, 0.2) is 5.82 Å². The van der Waals surface area contributed by atoms with Gasteiger partial charge >= 0.3 is 0 Å². The summed E-state index contributed by atoms with van der Waals surface area (Å²) >= 11 is 0. The highest BCUT2D eigenvalue weighted by atomic mass is 19.1. The van der Waals surface area contributed by atoms with Crippen molar-refractivity contribution in [2.45, 2.75) is 38.4 Å². The second kappa shape index (κ2) is 7.79. The minimum absolute atomic E-state index is 0.105. The molecular formula is C22H21FN6O. The van der Waals surface area contributed by atoms with E-state index in [0.717, 1.165) is 41.9 Å². The fourth-order valence-electron chi connectivity index (χ4n) is 3.78. The summed E-state index contributed by atoms with van der Waals surface area (Å²) in [4.78, 5) is 20.3. The lowest BCUT2D eigenvalue weighted by Crippen LogP contribution is -2.20. The average Bonchev–Trinajstić information content (AvgIpc) is 3.25. The van der Waals surface area contributed by atoms with Crippen LogP contribution in [0.4, 0.5) is 16.0 Å². The Balaban J connectivity index is 1.44. The number of halogens is 1. The maximum atomic E-state index is 14.5. The zero-order valence-corrected chi connectivity index (χ0v) is 16.5. The lowest BCUT2D eigenvalue weighted by molar-refractivity contribution is -0.0454. The molecule has 1 fully saturated rings. The smallest absolute Gasteiger partial charge is 0.228 e. The predicted octanol–water partition coefficient (Wildman–Crippen LogP) is 4.93. The molecule has 30 heavy (non-hydrogen) atoms. The van der Waals surface area contributed by atoms with Crippen LogP contribution < -0.4 is 5.32 Å². The van der Waals surface area contributed by atoms with Crippen LogP contribution in [0.25, 0.3) is 22.2 Å². The van der Waals surface area contributed by atoms with Crippen LogP contribution in [0.2, 0.25) is 0 Å². The van der Waals surface area contributed by atoms with Gasteiger partial charge in [-0.3, -0.25) is 4.98 Å². The molecule has 0 spiro atoms. The van der Waals surface area contributed by atoms with Crippen molar-refractivity contribution in [3.63, 3.8) is 0 Å². The molecule has 2 unspecified atom stereocenters. The van der Waals surface area contributed by atoms with E-state index < -0.39 is 5.82 Å². The van der Waals surface area contributed by atoms with Crippen molar-refractivity contribution < 1.29 is 9.13 Å². The number of fused-ring (bicyclic) bond motifs is 1. The Kier molecular flexibility index (Phi) is 4.84. The third kappa shape index (κ3) is 3.61. The van der Waals surface area contributed by atoms with Gasteiger partial charge in [-0.25, -0.2) is 19.3 Å². The molecule has 0 amide bonds. The first kappa shape index (κ1) is 18.6. The van der Waals surface area contributed by atoms with E-state index in [1.54, 1.807) is 18.6 Å². The van der Waals surface area contributed by atoms with Crippen molar-refractivity contribution in [3.05, 3.63) is 60.7 Å². The Labute approximate surface area is 172 Å². The topological polar surface area (TPSA) is 88.6 Å². The molecule has 0 bridgehead atoms. The molecule has 152 valence electrons. The Morgan fingerprint density at radius 3 is 2.90 bits per heavy atom. The molecule has 1 saturated heterocycles. The van der Waals surface area contributed by atoms with E-state index in [-0.39, 0.29) is 23.9 Å². The molecule has 4 heterocycles. The number of ether oxygens (including phenoxy) is 1. The van der Waals surface area contributed by atoms with Crippen LogP contribution in [-0.2, 0) is 4.74 Å². The number of nitrogens with one attached hydrogen (secondary N) is 2. The number of rotatable bonds is 4. The van der Waals surface area contributed by atoms with Crippen molar-refractivity contribution in [1.82, 2.24) is 24.9 Å². The number of aromatic nitrogens is 5. The van der Waals surface area contributed by atoms with E-state index in [1.807, 2.05) is 24.3 Å². The fraction of sp³-hybridized carbons (Fsp3) is 0.273. The van der Waals surface area contributed by atoms with Crippen LogP contribution >= 0.6 is 0 Å². The van der Waals surface area contributed by atoms with E-state index in [4.69, 9.17) is 4.74 Å². The highest BCUT2D eigenvalue weighted by Gasteiger charge is 2.24. The van der Waals surface area contributed by atoms with Crippen LogP contribution in [0.15, 0.2) is 49.1 Å². The van der Waals surface area contributed by atoms with Crippen molar-refractivity contribution in [2.24, 2.45) is 0 Å². The largest absolute Gasteiger partial charge is 0.367 e. The SMILES string of the molecule is CC1CCCC(c2ncc(-c3nc(Nc4cncc5ccccc45)ncc3F)[nH]2)O1. The standard InChI is InChI=1S/C22H21FN6O/c1-13-5-4-8-19(30-13)21-25-12-18(27-21)20-16(23)10-26-22(29-20)28-17-11-24-9-14-6-2-3-7-15(14)17/h2-3,6-7,9-13,19H,4-5,8H2,1H3,(H,25,27)(H,26,28,29). The molecule has 1 aromatic carbocycles. The maximum Gasteiger partial charge on any atom is 0.228 e. The number of nitrogens with zero attached hydrogens (tertiary/aromatic N) is 4. The third-order valence-corrected chi connectivity index (χ3v) is 5.29. The molecule has 7 nitrogen and oxygen atoms in total. The number of imidazole rings is 1. The first-order valence-corrected chi connectivity index (χ1v) is 10.0. The Morgan fingerprint density at radius 1 is 1.10 bits per heavy atom. The highest BCUT2D eigenvalue weighted by molar-refractivity contribution is 5.93. The van der Waals surface area contributed by atoms with Gasteiger partial charge in [0.25, 0.3) is 0 Å². The number of pyridine rings is 1. The molecule has 2 N–H and O–H groups in total. The van der Waals surface area contributed by atoms with Gasteiger partial charge in [0.2, 0.25) is 5.95 Å². The number of hydrogen-bond acceptors (Lipinski definition) is 6. The molecule has 3 aromatic heterocycles. The summed E-state index contributed by atoms with van der Waals surface area (Å²) in [5, 5.41) is 5.12. The zero-order chi connectivity index (χ0) is 20.5. The van der Waals surface area contributed by atoms with Gasteiger partial charge in [-0.1, -0.05) is 24.3 Å². The van der Waals surface area contributed by atoms with Gasteiger partial charge in [-0.2, -0.15) is 0 Å². The third-order valence-electron chi connectivity index (χ3n) is 5.29. The maximum absolute atomic E-state index is 14.5. The molecule has 0 saturated carbocycles. The van der Waals surface area contributed by atoms with E-state index >= 15 is 0 Å². The Morgan fingerprint density at radius 2 is 2.00 bits per heavy atom. The molecule has 0 radical (unpaired) electrons. The van der Waals surface area contributed by atoms with Crippen molar-refractivity contribution >= 4 is 22.4 Å². The minimum atomic E-state index is -0.523. The first-order chi connectivity index (χ1) is 14.7. The number of anilines is 2. The van der Waals surface area contributed by atoms with Gasteiger partial charge in [-0.05, 0) is 26.2 Å². The monoisotopic (exact) mass is 404 g/mol. The van der Waals surface area contributed by atoms with Crippen LogP contribution in [0.1, 0.15) is 38.1 Å². The van der Waals surface area contributed by atoms with Crippen molar-refractivity contribution in [3.8, 4) is 11.4 Å². The summed E-state index contributed by atoms with van der Waals surface area (Å²) in [6.45, 7) is 2.06. The summed E-state index contributed by atoms with van der Waals surface area (Å²) in [5.41, 5.74) is 1.40. The zero-order valence-electron chi connectivity index (χ0n) is 16.5. The van der Waals surface area contributed by atoms with Gasteiger partial charge in [-0.15, -0.1) is 0 Å². The number of H-pyrrole nitrogens is 1. The van der Waals surface area contributed by atoms with Crippen molar-refractivity contribution in [1.29, 1.82) is 0 Å². The van der Waals surface area contributed by atoms with Crippen LogP contribution in [-0.4, -0.2) is 31.0 Å². The quantitative estimate of drug-likeness (QED) is 0.501. The van der Waals surface area contributed by atoms with E-state index in [2.05, 4.69) is 37.2 Å². The molecule has 0 aliphatic carbocycles. The molecule has 5 rings (SSSR count). The average molecular weight is 404 g/mol. The van der Waals surface area contributed by atoms with Gasteiger partial charge in [0.1, 0.15) is 17.6 Å². The number of benzene rings is 1. The lowest BCUT2D eigenvalue weighted by atomic mass is 10.0. The fourth-order valence-corrected chi connectivity index (χ4v) is 3.78. The first-order valence-electron chi connectivity index (χ1n) is 10.0. The van der Waals surface area contributed by atoms with E-state index in [1.165, 1.54) is 0 Å². The summed E-state index contributed by atoms with van der Waals surface area (Å²) in [5.74, 6) is 0.454. The summed E-state index contributed by atoms with van der Waals surface area (Å²) in [6, 6.07) is 7.86.